The summed E-state index contributed by atoms with van der Waals surface area (Å²) in [6.45, 7) is 9.66. The highest BCUT2D eigenvalue weighted by Crippen LogP contribution is 2.26. The van der Waals surface area contributed by atoms with Gasteiger partial charge in [-0.1, -0.05) is 20.8 Å². The van der Waals surface area contributed by atoms with Crippen molar-refractivity contribution in [1.82, 2.24) is 15.1 Å². The Morgan fingerprint density at radius 1 is 1.36 bits per heavy atom. The summed E-state index contributed by atoms with van der Waals surface area (Å²) in [6, 6.07) is 0. The molecule has 0 saturated heterocycles. The second kappa shape index (κ2) is 3.73. The molecule has 0 saturated carbocycles. The molecule has 0 unspecified atom stereocenters. The lowest BCUT2D eigenvalue weighted by atomic mass is 9.89. The van der Waals surface area contributed by atoms with E-state index in [4.69, 9.17) is 0 Å². The molecule has 1 aromatic heterocycles. The van der Waals surface area contributed by atoms with Gasteiger partial charge in [-0.2, -0.15) is 5.10 Å². The summed E-state index contributed by atoms with van der Waals surface area (Å²) in [7, 11) is 3.97. The number of aromatic nitrogens is 2. The molecule has 0 atom stereocenters. The average molecular weight is 195 g/mol. The third-order valence-corrected chi connectivity index (χ3v) is 2.44. The Bertz CT molecular complexity index is 318. The Balaban J connectivity index is 3.18. The standard InChI is InChI=1S/C11H21N3/c1-8-9(7-12-5)13-14(6)10(8)11(2,3)4/h12H,7H2,1-6H3. The highest BCUT2D eigenvalue weighted by atomic mass is 15.3. The first-order chi connectivity index (χ1) is 6.38. The topological polar surface area (TPSA) is 29.9 Å². The molecule has 3 heteroatoms. The van der Waals surface area contributed by atoms with Crippen LogP contribution in [0, 0.1) is 6.92 Å². The van der Waals surface area contributed by atoms with Crippen molar-refractivity contribution in [3.8, 4) is 0 Å². The molecule has 0 amide bonds. The normalized spacial score (nSPS) is 12.1. The fraction of sp³-hybridized carbons (Fsp3) is 0.727. The van der Waals surface area contributed by atoms with Gasteiger partial charge in [0, 0.05) is 24.7 Å². The Hall–Kier alpha value is -0.830. The molecule has 0 aliphatic carbocycles. The van der Waals surface area contributed by atoms with E-state index in [0.29, 0.717) is 0 Å². The quantitative estimate of drug-likeness (QED) is 0.779. The van der Waals surface area contributed by atoms with Crippen LogP contribution in [-0.2, 0) is 19.0 Å². The molecule has 1 rings (SSSR count). The number of hydrogen-bond donors (Lipinski definition) is 1. The molecule has 0 aromatic carbocycles. The number of nitrogens with one attached hydrogen (secondary N) is 1. The molecular formula is C11H21N3. The minimum absolute atomic E-state index is 0.165. The first-order valence-electron chi connectivity index (χ1n) is 5.05. The van der Waals surface area contributed by atoms with E-state index in [9.17, 15) is 0 Å². The van der Waals surface area contributed by atoms with E-state index in [-0.39, 0.29) is 5.41 Å². The van der Waals surface area contributed by atoms with Crippen molar-refractivity contribution >= 4 is 0 Å². The van der Waals surface area contributed by atoms with Gasteiger partial charge < -0.3 is 5.32 Å². The van der Waals surface area contributed by atoms with Crippen LogP contribution in [0.5, 0.6) is 0 Å². The van der Waals surface area contributed by atoms with Gasteiger partial charge in [0.1, 0.15) is 0 Å². The van der Waals surface area contributed by atoms with Crippen molar-refractivity contribution < 1.29 is 0 Å². The number of rotatable bonds is 2. The lowest BCUT2D eigenvalue weighted by molar-refractivity contribution is 0.519. The minimum Gasteiger partial charge on any atom is -0.314 e. The molecule has 80 valence electrons. The summed E-state index contributed by atoms with van der Waals surface area (Å²) >= 11 is 0. The van der Waals surface area contributed by atoms with E-state index < -0.39 is 0 Å². The number of aryl methyl sites for hydroxylation is 1. The number of hydrogen-bond acceptors (Lipinski definition) is 2. The van der Waals surface area contributed by atoms with E-state index in [1.54, 1.807) is 0 Å². The third-order valence-electron chi connectivity index (χ3n) is 2.44. The fourth-order valence-corrected chi connectivity index (χ4v) is 2.07. The van der Waals surface area contributed by atoms with Gasteiger partial charge in [0.05, 0.1) is 5.69 Å². The van der Waals surface area contributed by atoms with Crippen LogP contribution < -0.4 is 5.32 Å². The molecule has 1 N–H and O–H groups in total. The van der Waals surface area contributed by atoms with Crippen molar-refractivity contribution in [3.05, 3.63) is 17.0 Å². The van der Waals surface area contributed by atoms with Crippen LogP contribution in [0.2, 0.25) is 0 Å². The molecule has 0 fully saturated rings. The minimum atomic E-state index is 0.165. The van der Waals surface area contributed by atoms with Crippen molar-refractivity contribution in [2.24, 2.45) is 7.05 Å². The lowest BCUT2D eigenvalue weighted by Gasteiger charge is -2.20. The van der Waals surface area contributed by atoms with Crippen LogP contribution in [0.3, 0.4) is 0 Å². The average Bonchev–Trinajstić information content (AvgIpc) is 2.26. The summed E-state index contributed by atoms with van der Waals surface area (Å²) in [6.07, 6.45) is 0. The zero-order valence-electron chi connectivity index (χ0n) is 10.1. The molecule has 1 aromatic rings. The Morgan fingerprint density at radius 2 is 1.93 bits per heavy atom. The zero-order valence-corrected chi connectivity index (χ0v) is 10.1. The van der Waals surface area contributed by atoms with Gasteiger partial charge in [0.25, 0.3) is 0 Å². The SMILES string of the molecule is CNCc1nn(C)c(C(C)(C)C)c1C. The maximum Gasteiger partial charge on any atom is 0.0794 e. The monoisotopic (exact) mass is 195 g/mol. The van der Waals surface area contributed by atoms with Crippen LogP contribution in [0.4, 0.5) is 0 Å². The highest BCUT2D eigenvalue weighted by molar-refractivity contribution is 5.29. The van der Waals surface area contributed by atoms with Crippen molar-refractivity contribution in [1.29, 1.82) is 0 Å². The fourth-order valence-electron chi connectivity index (χ4n) is 2.07. The van der Waals surface area contributed by atoms with Crippen molar-refractivity contribution in [2.45, 2.75) is 39.7 Å². The van der Waals surface area contributed by atoms with Gasteiger partial charge in [-0.05, 0) is 19.5 Å². The molecule has 0 radical (unpaired) electrons. The first kappa shape index (κ1) is 11.2. The van der Waals surface area contributed by atoms with E-state index in [2.05, 4.69) is 38.1 Å². The second-order valence-corrected chi connectivity index (χ2v) is 4.82. The van der Waals surface area contributed by atoms with E-state index in [0.717, 1.165) is 12.2 Å². The third kappa shape index (κ3) is 1.98. The summed E-state index contributed by atoms with van der Waals surface area (Å²) in [4.78, 5) is 0. The van der Waals surface area contributed by atoms with E-state index in [1.807, 2.05) is 18.8 Å². The largest absolute Gasteiger partial charge is 0.314 e. The Labute approximate surface area is 86.5 Å². The van der Waals surface area contributed by atoms with Gasteiger partial charge in [-0.15, -0.1) is 0 Å². The Morgan fingerprint density at radius 3 is 2.29 bits per heavy atom. The summed E-state index contributed by atoms with van der Waals surface area (Å²) < 4.78 is 2.00. The van der Waals surface area contributed by atoms with Gasteiger partial charge in [-0.25, -0.2) is 0 Å². The predicted octanol–water partition coefficient (Wildman–Crippen LogP) is 1.75. The van der Waals surface area contributed by atoms with E-state index in [1.165, 1.54) is 11.3 Å². The van der Waals surface area contributed by atoms with E-state index >= 15 is 0 Å². The van der Waals surface area contributed by atoms with Crippen LogP contribution in [-0.4, -0.2) is 16.8 Å². The molecule has 3 nitrogen and oxygen atoms in total. The lowest BCUT2D eigenvalue weighted by Crippen LogP contribution is -2.17. The molecular weight excluding hydrogens is 174 g/mol. The van der Waals surface area contributed by atoms with Crippen LogP contribution in [0.25, 0.3) is 0 Å². The maximum absolute atomic E-state index is 4.52. The maximum atomic E-state index is 4.52. The summed E-state index contributed by atoms with van der Waals surface area (Å²) in [5.41, 5.74) is 3.95. The first-order valence-corrected chi connectivity index (χ1v) is 5.05. The zero-order chi connectivity index (χ0) is 10.9. The van der Waals surface area contributed by atoms with Crippen molar-refractivity contribution in [3.63, 3.8) is 0 Å². The summed E-state index contributed by atoms with van der Waals surface area (Å²) in [5.74, 6) is 0. The van der Waals surface area contributed by atoms with Gasteiger partial charge in [0.15, 0.2) is 0 Å². The molecule has 1 heterocycles. The molecule has 0 spiro atoms. The predicted molar refractivity (Wildman–Crippen MR) is 59.4 cm³/mol. The van der Waals surface area contributed by atoms with Gasteiger partial charge in [-0.3, -0.25) is 4.68 Å². The molecule has 14 heavy (non-hydrogen) atoms. The number of nitrogens with zero attached hydrogens (tertiary/aromatic N) is 2. The Kier molecular flexibility index (Phi) is 3.00. The smallest absolute Gasteiger partial charge is 0.0794 e. The van der Waals surface area contributed by atoms with Crippen LogP contribution in [0.15, 0.2) is 0 Å². The highest BCUT2D eigenvalue weighted by Gasteiger charge is 2.23. The van der Waals surface area contributed by atoms with Gasteiger partial charge in [0.2, 0.25) is 0 Å². The molecule has 0 aliphatic heterocycles. The second-order valence-electron chi connectivity index (χ2n) is 4.82. The summed E-state index contributed by atoms with van der Waals surface area (Å²) in [5, 5.41) is 7.66. The molecule has 0 aliphatic rings. The molecule has 0 bridgehead atoms. The van der Waals surface area contributed by atoms with Crippen LogP contribution in [0.1, 0.15) is 37.7 Å². The van der Waals surface area contributed by atoms with Crippen LogP contribution >= 0.6 is 0 Å². The van der Waals surface area contributed by atoms with Gasteiger partial charge >= 0.3 is 0 Å². The van der Waals surface area contributed by atoms with Crippen molar-refractivity contribution in [2.75, 3.05) is 7.05 Å².